The maximum absolute atomic E-state index is 11.8. The molecular weight excluding hydrogens is 256 g/mol. The Morgan fingerprint density at radius 1 is 1.27 bits per heavy atom. The number of hydrogen-bond donors (Lipinski definition) is 1. The van der Waals surface area contributed by atoms with Gasteiger partial charge in [-0.2, -0.15) is 0 Å². The molecule has 2 rings (SSSR count). The molecule has 0 spiro atoms. The number of hydrogen-bond acceptors (Lipinski definition) is 1. The topological polar surface area (TPSA) is 32.3 Å². The minimum atomic E-state index is -0.000556. The fourth-order valence-corrected chi connectivity index (χ4v) is 2.06. The molecule has 1 aliphatic heterocycles. The van der Waals surface area contributed by atoms with E-state index in [9.17, 15) is 4.79 Å². The third kappa shape index (κ3) is 2.50. The van der Waals surface area contributed by atoms with Gasteiger partial charge in [0.1, 0.15) is 0 Å². The SMILES string of the molecule is O=C(Nc1ccccc1Br)N1CCCC1. The predicted molar refractivity (Wildman–Crippen MR) is 64.0 cm³/mol. The average Bonchev–Trinajstić information content (AvgIpc) is 2.74. The summed E-state index contributed by atoms with van der Waals surface area (Å²) in [5.74, 6) is 0. The first-order valence-corrected chi connectivity index (χ1v) is 5.87. The van der Waals surface area contributed by atoms with Crippen LogP contribution in [0.25, 0.3) is 0 Å². The van der Waals surface area contributed by atoms with Crippen LogP contribution in [0.2, 0.25) is 0 Å². The van der Waals surface area contributed by atoms with E-state index >= 15 is 0 Å². The van der Waals surface area contributed by atoms with Crippen LogP contribution in [0.5, 0.6) is 0 Å². The van der Waals surface area contributed by atoms with Crippen molar-refractivity contribution in [1.82, 2.24) is 4.90 Å². The van der Waals surface area contributed by atoms with E-state index in [1.165, 1.54) is 0 Å². The zero-order chi connectivity index (χ0) is 10.7. The van der Waals surface area contributed by atoms with Gasteiger partial charge < -0.3 is 10.2 Å². The predicted octanol–water partition coefficient (Wildman–Crippen LogP) is 3.08. The minimum Gasteiger partial charge on any atom is -0.325 e. The first-order chi connectivity index (χ1) is 7.27. The number of anilines is 1. The van der Waals surface area contributed by atoms with Gasteiger partial charge in [-0.1, -0.05) is 12.1 Å². The first kappa shape index (κ1) is 10.5. The fraction of sp³-hybridized carbons (Fsp3) is 0.364. The van der Waals surface area contributed by atoms with E-state index in [4.69, 9.17) is 0 Å². The molecule has 1 aromatic rings. The number of urea groups is 1. The molecule has 15 heavy (non-hydrogen) atoms. The number of amides is 2. The molecule has 0 aliphatic carbocycles. The standard InChI is InChI=1S/C11H13BrN2O/c12-9-5-1-2-6-10(9)13-11(15)14-7-3-4-8-14/h1-2,5-6H,3-4,7-8H2,(H,13,15). The van der Waals surface area contributed by atoms with Gasteiger partial charge in [-0.3, -0.25) is 0 Å². The Labute approximate surface area is 97.6 Å². The second-order valence-corrected chi connectivity index (χ2v) is 4.46. The van der Waals surface area contributed by atoms with Crippen LogP contribution in [0.3, 0.4) is 0 Å². The highest BCUT2D eigenvalue weighted by Crippen LogP contribution is 2.22. The lowest BCUT2D eigenvalue weighted by Crippen LogP contribution is -2.32. The van der Waals surface area contributed by atoms with Crippen LogP contribution in [0.15, 0.2) is 28.7 Å². The average molecular weight is 269 g/mol. The Morgan fingerprint density at radius 2 is 1.93 bits per heavy atom. The van der Waals surface area contributed by atoms with E-state index in [0.29, 0.717) is 0 Å². The molecule has 1 fully saturated rings. The summed E-state index contributed by atoms with van der Waals surface area (Å²) in [6, 6.07) is 7.64. The Hall–Kier alpha value is -1.03. The molecule has 0 saturated carbocycles. The van der Waals surface area contributed by atoms with Gasteiger partial charge in [-0.05, 0) is 40.9 Å². The summed E-state index contributed by atoms with van der Waals surface area (Å²) in [5.41, 5.74) is 0.828. The summed E-state index contributed by atoms with van der Waals surface area (Å²) < 4.78 is 0.914. The number of para-hydroxylation sites is 1. The summed E-state index contributed by atoms with van der Waals surface area (Å²) in [6.07, 6.45) is 2.23. The summed E-state index contributed by atoms with van der Waals surface area (Å²) >= 11 is 3.40. The largest absolute Gasteiger partial charge is 0.325 e. The van der Waals surface area contributed by atoms with Crippen LogP contribution < -0.4 is 5.32 Å². The number of carbonyl (C=O) groups excluding carboxylic acids is 1. The van der Waals surface area contributed by atoms with Gasteiger partial charge in [-0.25, -0.2) is 4.79 Å². The van der Waals surface area contributed by atoms with Crippen LogP contribution in [0.1, 0.15) is 12.8 Å². The van der Waals surface area contributed by atoms with Crippen molar-refractivity contribution in [2.45, 2.75) is 12.8 Å². The summed E-state index contributed by atoms with van der Waals surface area (Å²) in [6.45, 7) is 1.74. The highest BCUT2D eigenvalue weighted by molar-refractivity contribution is 9.10. The molecule has 0 radical (unpaired) electrons. The molecule has 0 unspecified atom stereocenters. The van der Waals surface area contributed by atoms with E-state index in [1.807, 2.05) is 29.2 Å². The van der Waals surface area contributed by atoms with Crippen LogP contribution in [-0.4, -0.2) is 24.0 Å². The zero-order valence-electron chi connectivity index (χ0n) is 8.37. The Kier molecular flexibility index (Phi) is 3.26. The van der Waals surface area contributed by atoms with Crippen LogP contribution in [0.4, 0.5) is 10.5 Å². The number of benzene rings is 1. The molecule has 0 bridgehead atoms. The number of carbonyl (C=O) groups is 1. The van der Waals surface area contributed by atoms with Crippen molar-refractivity contribution in [3.63, 3.8) is 0 Å². The van der Waals surface area contributed by atoms with Crippen molar-refractivity contribution >= 4 is 27.6 Å². The Balaban J connectivity index is 2.02. The molecule has 3 nitrogen and oxygen atoms in total. The molecule has 1 N–H and O–H groups in total. The maximum Gasteiger partial charge on any atom is 0.321 e. The molecule has 2 amide bonds. The van der Waals surface area contributed by atoms with E-state index in [2.05, 4.69) is 21.2 Å². The molecule has 0 aromatic heterocycles. The van der Waals surface area contributed by atoms with Gasteiger partial charge in [0.05, 0.1) is 5.69 Å². The maximum atomic E-state index is 11.8. The molecule has 80 valence electrons. The molecule has 1 aromatic carbocycles. The second kappa shape index (κ2) is 4.66. The lowest BCUT2D eigenvalue weighted by molar-refractivity contribution is 0.222. The van der Waals surface area contributed by atoms with Gasteiger partial charge in [0.2, 0.25) is 0 Å². The Bertz CT molecular complexity index is 361. The highest BCUT2D eigenvalue weighted by atomic mass is 79.9. The van der Waals surface area contributed by atoms with E-state index in [0.717, 1.165) is 36.1 Å². The summed E-state index contributed by atoms with van der Waals surface area (Å²) in [4.78, 5) is 13.6. The van der Waals surface area contributed by atoms with Crippen molar-refractivity contribution in [3.8, 4) is 0 Å². The van der Waals surface area contributed by atoms with Crippen molar-refractivity contribution in [2.24, 2.45) is 0 Å². The van der Waals surface area contributed by atoms with Crippen LogP contribution in [0, 0.1) is 0 Å². The van der Waals surface area contributed by atoms with Gasteiger partial charge in [0.15, 0.2) is 0 Å². The molecule has 0 atom stereocenters. The molecule has 1 aliphatic rings. The van der Waals surface area contributed by atoms with Crippen LogP contribution in [-0.2, 0) is 0 Å². The van der Waals surface area contributed by atoms with E-state index in [1.54, 1.807) is 0 Å². The number of halogens is 1. The fourth-order valence-electron chi connectivity index (χ4n) is 1.68. The summed E-state index contributed by atoms with van der Waals surface area (Å²) in [7, 11) is 0. The molecular formula is C11H13BrN2O. The normalized spacial score (nSPS) is 15.4. The number of rotatable bonds is 1. The molecule has 1 heterocycles. The number of likely N-dealkylation sites (tertiary alicyclic amines) is 1. The lowest BCUT2D eigenvalue weighted by Gasteiger charge is -2.16. The Morgan fingerprint density at radius 3 is 2.60 bits per heavy atom. The van der Waals surface area contributed by atoms with Gasteiger partial charge in [0.25, 0.3) is 0 Å². The monoisotopic (exact) mass is 268 g/mol. The van der Waals surface area contributed by atoms with Gasteiger partial charge >= 0.3 is 6.03 Å². The lowest BCUT2D eigenvalue weighted by atomic mass is 10.3. The van der Waals surface area contributed by atoms with Crippen molar-refractivity contribution in [1.29, 1.82) is 0 Å². The smallest absolute Gasteiger partial charge is 0.321 e. The van der Waals surface area contributed by atoms with E-state index in [-0.39, 0.29) is 6.03 Å². The van der Waals surface area contributed by atoms with Gasteiger partial charge in [0, 0.05) is 17.6 Å². The van der Waals surface area contributed by atoms with Crippen molar-refractivity contribution in [2.75, 3.05) is 18.4 Å². The number of nitrogens with one attached hydrogen (secondary N) is 1. The first-order valence-electron chi connectivity index (χ1n) is 5.08. The minimum absolute atomic E-state index is 0.000556. The van der Waals surface area contributed by atoms with Crippen molar-refractivity contribution < 1.29 is 4.79 Å². The van der Waals surface area contributed by atoms with E-state index < -0.39 is 0 Å². The third-order valence-electron chi connectivity index (χ3n) is 2.51. The summed E-state index contributed by atoms with van der Waals surface area (Å²) in [5, 5.41) is 2.89. The molecule has 4 heteroatoms. The van der Waals surface area contributed by atoms with Crippen LogP contribution >= 0.6 is 15.9 Å². The third-order valence-corrected chi connectivity index (χ3v) is 3.20. The molecule has 1 saturated heterocycles. The zero-order valence-corrected chi connectivity index (χ0v) is 9.96. The number of nitrogens with zero attached hydrogens (tertiary/aromatic N) is 1. The second-order valence-electron chi connectivity index (χ2n) is 3.60. The highest BCUT2D eigenvalue weighted by Gasteiger charge is 2.17. The van der Waals surface area contributed by atoms with Crippen molar-refractivity contribution in [3.05, 3.63) is 28.7 Å². The quantitative estimate of drug-likeness (QED) is 0.834. The van der Waals surface area contributed by atoms with Gasteiger partial charge in [-0.15, -0.1) is 0 Å².